The average molecular weight is 311 g/mol. The molecule has 0 radical (unpaired) electrons. The van der Waals surface area contributed by atoms with Crippen molar-refractivity contribution in [1.29, 1.82) is 0 Å². The number of para-hydroxylation sites is 3. The van der Waals surface area contributed by atoms with Crippen LogP contribution < -0.4 is 5.32 Å². The SMILES string of the molecule is O=C(Nc1nc2ccccc2[nH]1)c1[nH]c2ccccc2c1Cl. The molecule has 0 spiro atoms. The molecule has 2 heterocycles. The van der Waals surface area contributed by atoms with Crippen LogP contribution in [0.25, 0.3) is 21.9 Å². The van der Waals surface area contributed by atoms with E-state index in [1.54, 1.807) is 0 Å². The summed E-state index contributed by atoms with van der Waals surface area (Å²) in [5, 5.41) is 3.95. The predicted molar refractivity (Wildman–Crippen MR) is 87.4 cm³/mol. The van der Waals surface area contributed by atoms with E-state index in [1.807, 2.05) is 48.5 Å². The molecule has 0 unspecified atom stereocenters. The number of nitrogens with one attached hydrogen (secondary N) is 3. The third-order valence-electron chi connectivity index (χ3n) is 3.49. The first-order valence-corrected chi connectivity index (χ1v) is 7.12. The van der Waals surface area contributed by atoms with Gasteiger partial charge < -0.3 is 9.97 Å². The van der Waals surface area contributed by atoms with Crippen molar-refractivity contribution in [3.05, 3.63) is 59.2 Å². The van der Waals surface area contributed by atoms with Crippen LogP contribution in [-0.4, -0.2) is 20.9 Å². The molecule has 0 aliphatic rings. The Bertz CT molecular complexity index is 969. The Hall–Kier alpha value is -2.79. The number of amides is 1. The number of hydrogen-bond donors (Lipinski definition) is 3. The lowest BCUT2D eigenvalue weighted by atomic mass is 10.2. The number of H-pyrrole nitrogens is 2. The van der Waals surface area contributed by atoms with Crippen molar-refractivity contribution in [2.45, 2.75) is 0 Å². The third-order valence-corrected chi connectivity index (χ3v) is 3.88. The Labute approximate surface area is 130 Å². The van der Waals surface area contributed by atoms with E-state index < -0.39 is 0 Å². The number of nitrogens with zero attached hydrogens (tertiary/aromatic N) is 1. The number of aromatic nitrogens is 3. The standard InChI is InChI=1S/C16H11ClN4O/c17-13-9-5-1-2-6-10(9)18-14(13)15(22)21-16-19-11-7-3-4-8-12(11)20-16/h1-8,18H,(H2,19,20,21,22). The molecule has 2 aromatic carbocycles. The molecule has 4 aromatic rings. The number of carbonyl (C=O) groups is 1. The quantitative estimate of drug-likeness (QED) is 0.524. The average Bonchev–Trinajstić information content (AvgIpc) is 3.08. The Morgan fingerprint density at radius 1 is 1.00 bits per heavy atom. The van der Waals surface area contributed by atoms with Gasteiger partial charge in [0.05, 0.1) is 16.1 Å². The van der Waals surface area contributed by atoms with Gasteiger partial charge >= 0.3 is 0 Å². The molecule has 1 amide bonds. The summed E-state index contributed by atoms with van der Waals surface area (Å²) in [6.07, 6.45) is 0. The summed E-state index contributed by atoms with van der Waals surface area (Å²) in [6, 6.07) is 15.1. The van der Waals surface area contributed by atoms with Crippen LogP contribution in [0.2, 0.25) is 5.02 Å². The molecule has 108 valence electrons. The van der Waals surface area contributed by atoms with E-state index in [4.69, 9.17) is 11.6 Å². The molecule has 0 fully saturated rings. The highest BCUT2D eigenvalue weighted by atomic mass is 35.5. The number of hydrogen-bond acceptors (Lipinski definition) is 2. The molecule has 0 aliphatic heterocycles. The van der Waals surface area contributed by atoms with Gasteiger partial charge in [-0.05, 0) is 18.2 Å². The van der Waals surface area contributed by atoms with Crippen LogP contribution in [-0.2, 0) is 0 Å². The van der Waals surface area contributed by atoms with E-state index in [0.717, 1.165) is 21.9 Å². The Morgan fingerprint density at radius 2 is 1.73 bits per heavy atom. The van der Waals surface area contributed by atoms with Gasteiger partial charge in [0.25, 0.3) is 5.91 Å². The van der Waals surface area contributed by atoms with Gasteiger partial charge in [-0.2, -0.15) is 0 Å². The van der Waals surface area contributed by atoms with Crippen molar-refractivity contribution in [3.63, 3.8) is 0 Å². The zero-order chi connectivity index (χ0) is 15.1. The van der Waals surface area contributed by atoms with Crippen LogP contribution in [0.4, 0.5) is 5.95 Å². The maximum Gasteiger partial charge on any atom is 0.275 e. The molecular formula is C16H11ClN4O. The van der Waals surface area contributed by atoms with E-state index in [0.29, 0.717) is 16.7 Å². The molecule has 3 N–H and O–H groups in total. The smallest absolute Gasteiger partial charge is 0.275 e. The molecular weight excluding hydrogens is 300 g/mol. The normalized spacial score (nSPS) is 11.1. The predicted octanol–water partition coefficient (Wildman–Crippen LogP) is 3.95. The largest absolute Gasteiger partial charge is 0.349 e. The Morgan fingerprint density at radius 3 is 2.50 bits per heavy atom. The second-order valence-electron chi connectivity index (χ2n) is 4.92. The minimum absolute atomic E-state index is 0.323. The van der Waals surface area contributed by atoms with Crippen molar-refractivity contribution in [3.8, 4) is 0 Å². The van der Waals surface area contributed by atoms with Gasteiger partial charge in [0.15, 0.2) is 0 Å². The highest BCUT2D eigenvalue weighted by Gasteiger charge is 2.17. The van der Waals surface area contributed by atoms with Crippen LogP contribution in [0.15, 0.2) is 48.5 Å². The first-order chi connectivity index (χ1) is 10.7. The molecule has 0 saturated heterocycles. The maximum atomic E-state index is 12.4. The fourth-order valence-electron chi connectivity index (χ4n) is 2.45. The van der Waals surface area contributed by atoms with Crippen LogP contribution in [0.3, 0.4) is 0 Å². The number of anilines is 1. The first-order valence-electron chi connectivity index (χ1n) is 6.75. The van der Waals surface area contributed by atoms with E-state index >= 15 is 0 Å². The molecule has 0 saturated carbocycles. The molecule has 22 heavy (non-hydrogen) atoms. The van der Waals surface area contributed by atoms with Gasteiger partial charge in [0.1, 0.15) is 5.69 Å². The van der Waals surface area contributed by atoms with Crippen LogP contribution in [0.1, 0.15) is 10.5 Å². The Kier molecular flexibility index (Phi) is 2.87. The number of rotatable bonds is 2. The summed E-state index contributed by atoms with van der Waals surface area (Å²) in [5.41, 5.74) is 2.80. The summed E-state index contributed by atoms with van der Waals surface area (Å²) in [7, 11) is 0. The number of aromatic amines is 2. The molecule has 2 aromatic heterocycles. The van der Waals surface area contributed by atoms with Crippen molar-refractivity contribution in [1.82, 2.24) is 15.0 Å². The first kappa shape index (κ1) is 12.9. The van der Waals surface area contributed by atoms with Gasteiger partial charge in [-0.25, -0.2) is 4.98 Å². The minimum Gasteiger partial charge on any atom is -0.349 e. The van der Waals surface area contributed by atoms with Crippen molar-refractivity contribution >= 4 is 45.4 Å². The van der Waals surface area contributed by atoms with Gasteiger partial charge in [-0.3, -0.25) is 10.1 Å². The van der Waals surface area contributed by atoms with Crippen molar-refractivity contribution in [2.24, 2.45) is 0 Å². The van der Waals surface area contributed by atoms with Crippen LogP contribution in [0.5, 0.6) is 0 Å². The molecule has 0 atom stereocenters. The van der Waals surface area contributed by atoms with Crippen LogP contribution in [0, 0.1) is 0 Å². The fourth-order valence-corrected chi connectivity index (χ4v) is 2.74. The monoisotopic (exact) mass is 310 g/mol. The van der Waals surface area contributed by atoms with Gasteiger partial charge in [-0.1, -0.05) is 41.9 Å². The van der Waals surface area contributed by atoms with Crippen molar-refractivity contribution in [2.75, 3.05) is 5.32 Å². The second kappa shape index (κ2) is 4.89. The molecule has 6 heteroatoms. The highest BCUT2D eigenvalue weighted by molar-refractivity contribution is 6.39. The summed E-state index contributed by atoms with van der Waals surface area (Å²) < 4.78 is 0. The third kappa shape index (κ3) is 2.03. The molecule has 5 nitrogen and oxygen atoms in total. The van der Waals surface area contributed by atoms with Crippen LogP contribution >= 0.6 is 11.6 Å². The lowest BCUT2D eigenvalue weighted by Crippen LogP contribution is -2.13. The van der Waals surface area contributed by atoms with Crippen molar-refractivity contribution < 1.29 is 4.79 Å². The second-order valence-corrected chi connectivity index (χ2v) is 5.29. The topological polar surface area (TPSA) is 73.6 Å². The minimum atomic E-state index is -0.333. The number of benzene rings is 2. The number of carbonyl (C=O) groups excluding carboxylic acids is 1. The van der Waals surface area contributed by atoms with E-state index in [1.165, 1.54) is 0 Å². The zero-order valence-electron chi connectivity index (χ0n) is 11.4. The fraction of sp³-hybridized carbons (Fsp3) is 0. The van der Waals surface area contributed by atoms with E-state index in [2.05, 4.69) is 20.3 Å². The highest BCUT2D eigenvalue weighted by Crippen LogP contribution is 2.27. The molecule has 0 bridgehead atoms. The zero-order valence-corrected chi connectivity index (χ0v) is 12.1. The Balaban J connectivity index is 1.69. The van der Waals surface area contributed by atoms with Gasteiger partial charge in [-0.15, -0.1) is 0 Å². The number of fused-ring (bicyclic) bond motifs is 2. The summed E-state index contributed by atoms with van der Waals surface area (Å²) in [4.78, 5) is 22.8. The van der Waals surface area contributed by atoms with E-state index in [-0.39, 0.29) is 5.91 Å². The molecule has 0 aliphatic carbocycles. The summed E-state index contributed by atoms with van der Waals surface area (Å²) in [6.45, 7) is 0. The van der Waals surface area contributed by atoms with Gasteiger partial charge in [0.2, 0.25) is 5.95 Å². The summed E-state index contributed by atoms with van der Waals surface area (Å²) >= 11 is 6.27. The summed E-state index contributed by atoms with van der Waals surface area (Å²) in [5.74, 6) is 0.0566. The lowest BCUT2D eigenvalue weighted by Gasteiger charge is -1.99. The number of imidazole rings is 1. The maximum absolute atomic E-state index is 12.4. The number of halogens is 1. The molecule has 4 rings (SSSR count). The lowest BCUT2D eigenvalue weighted by molar-refractivity contribution is 0.102. The van der Waals surface area contributed by atoms with E-state index in [9.17, 15) is 4.79 Å². The van der Waals surface area contributed by atoms with Gasteiger partial charge in [0, 0.05) is 10.9 Å².